The predicted molar refractivity (Wildman–Crippen MR) is 99.6 cm³/mol. The van der Waals surface area contributed by atoms with Gasteiger partial charge in [0.2, 0.25) is 0 Å². The number of imidazole rings is 1. The topological polar surface area (TPSA) is 55.0 Å². The van der Waals surface area contributed by atoms with Crippen LogP contribution in [0.2, 0.25) is 0 Å². The second kappa shape index (κ2) is 7.77. The highest BCUT2D eigenvalue weighted by Crippen LogP contribution is 2.29. The maximum atomic E-state index is 11.3. The van der Waals surface area contributed by atoms with Crippen molar-refractivity contribution in [3.8, 4) is 0 Å². The van der Waals surface area contributed by atoms with Crippen molar-refractivity contribution >= 4 is 40.5 Å². The average molecular weight is 358 g/mol. The fraction of sp³-hybridized carbons (Fsp3) is 0.222. The molecule has 0 unspecified atom stereocenters. The minimum atomic E-state index is -0.207. The number of para-hydroxylation sites is 2. The fourth-order valence-electron chi connectivity index (χ4n) is 2.31. The lowest BCUT2D eigenvalue weighted by atomic mass is 10.1. The largest absolute Gasteiger partial charge is 0.468 e. The van der Waals surface area contributed by atoms with Gasteiger partial charge in [-0.25, -0.2) is 4.98 Å². The first-order chi connectivity index (χ1) is 11.7. The zero-order chi connectivity index (χ0) is 16.9. The summed E-state index contributed by atoms with van der Waals surface area (Å²) < 4.78 is 4.70. The smallest absolute Gasteiger partial charge is 0.315 e. The minimum absolute atomic E-state index is 0.207. The summed E-state index contributed by atoms with van der Waals surface area (Å²) in [4.78, 5) is 20.4. The predicted octanol–water partition coefficient (Wildman–Crippen LogP) is 4.43. The Balaban J connectivity index is 1.69. The molecule has 1 N–H and O–H groups in total. The number of hydrogen-bond acceptors (Lipinski definition) is 5. The molecule has 3 aromatic rings. The summed E-state index contributed by atoms with van der Waals surface area (Å²) in [7, 11) is 1.41. The van der Waals surface area contributed by atoms with Crippen LogP contribution >= 0.6 is 23.5 Å². The van der Waals surface area contributed by atoms with E-state index in [4.69, 9.17) is 4.74 Å². The molecule has 1 aromatic heterocycles. The maximum absolute atomic E-state index is 11.3. The maximum Gasteiger partial charge on any atom is 0.315 e. The third kappa shape index (κ3) is 3.94. The quantitative estimate of drug-likeness (QED) is 0.522. The van der Waals surface area contributed by atoms with Crippen molar-refractivity contribution < 1.29 is 9.53 Å². The van der Waals surface area contributed by atoms with Gasteiger partial charge in [-0.05, 0) is 36.2 Å². The van der Waals surface area contributed by atoms with E-state index in [1.165, 1.54) is 30.0 Å². The Hall–Kier alpha value is -1.92. The number of carbonyl (C=O) groups is 1. The van der Waals surface area contributed by atoms with E-state index in [0.717, 1.165) is 26.8 Å². The number of nitrogens with one attached hydrogen (secondary N) is 1. The summed E-state index contributed by atoms with van der Waals surface area (Å²) in [6, 6.07) is 14.2. The van der Waals surface area contributed by atoms with E-state index < -0.39 is 0 Å². The number of hydrogen-bond donors (Lipinski definition) is 1. The van der Waals surface area contributed by atoms with Gasteiger partial charge in [0, 0.05) is 10.6 Å². The van der Waals surface area contributed by atoms with Gasteiger partial charge < -0.3 is 9.72 Å². The van der Waals surface area contributed by atoms with Gasteiger partial charge in [-0.15, -0.1) is 11.8 Å². The molecule has 0 aliphatic rings. The fourth-order valence-corrected chi connectivity index (χ4v) is 4.18. The molecular weight excluding hydrogens is 340 g/mol. The molecule has 0 radical (unpaired) electrons. The zero-order valence-electron chi connectivity index (χ0n) is 13.5. The first kappa shape index (κ1) is 16.9. The van der Waals surface area contributed by atoms with Gasteiger partial charge >= 0.3 is 5.97 Å². The van der Waals surface area contributed by atoms with Crippen molar-refractivity contribution in [3.63, 3.8) is 0 Å². The highest BCUT2D eigenvalue weighted by Gasteiger charge is 2.09. The van der Waals surface area contributed by atoms with Gasteiger partial charge in [0.25, 0.3) is 0 Å². The molecule has 0 fully saturated rings. The Morgan fingerprint density at radius 1 is 1.17 bits per heavy atom. The Morgan fingerprint density at radius 2 is 2.00 bits per heavy atom. The van der Waals surface area contributed by atoms with Crippen molar-refractivity contribution in [2.75, 3.05) is 12.9 Å². The van der Waals surface area contributed by atoms with Crippen molar-refractivity contribution in [3.05, 3.63) is 53.6 Å². The summed E-state index contributed by atoms with van der Waals surface area (Å²) >= 11 is 3.20. The highest BCUT2D eigenvalue weighted by atomic mass is 32.2. The van der Waals surface area contributed by atoms with Gasteiger partial charge in [0.05, 0.1) is 23.9 Å². The van der Waals surface area contributed by atoms with Crippen LogP contribution in [0.5, 0.6) is 0 Å². The summed E-state index contributed by atoms with van der Waals surface area (Å²) in [6.45, 7) is 2.09. The molecular formula is C18H18N2O2S2. The average Bonchev–Trinajstić information content (AvgIpc) is 3.02. The molecule has 0 aliphatic carbocycles. The van der Waals surface area contributed by atoms with Crippen LogP contribution in [-0.2, 0) is 15.3 Å². The first-order valence-corrected chi connectivity index (χ1v) is 9.50. The molecule has 6 heteroatoms. The van der Waals surface area contributed by atoms with Gasteiger partial charge in [0.15, 0.2) is 5.16 Å². The standard InChI is InChI=1S/C18H18N2O2S2/c1-12-13(6-5-9-16(12)23-11-17(21)22-2)10-24-18-19-14-7-3-4-8-15(14)20-18/h3-9H,10-11H2,1-2H3,(H,19,20). The third-order valence-electron chi connectivity index (χ3n) is 3.70. The molecule has 124 valence electrons. The number of carbonyl (C=O) groups excluding carboxylic acids is 1. The van der Waals surface area contributed by atoms with Gasteiger partial charge in [0.1, 0.15) is 0 Å². The van der Waals surface area contributed by atoms with E-state index in [2.05, 4.69) is 23.0 Å². The number of aromatic nitrogens is 2. The molecule has 24 heavy (non-hydrogen) atoms. The van der Waals surface area contributed by atoms with Gasteiger partial charge in [-0.1, -0.05) is 36.0 Å². The molecule has 0 saturated heterocycles. The van der Waals surface area contributed by atoms with E-state index in [9.17, 15) is 4.79 Å². The molecule has 4 nitrogen and oxygen atoms in total. The molecule has 0 bridgehead atoms. The Morgan fingerprint density at radius 3 is 2.79 bits per heavy atom. The number of methoxy groups -OCH3 is 1. The minimum Gasteiger partial charge on any atom is -0.468 e. The van der Waals surface area contributed by atoms with Crippen molar-refractivity contribution in [1.82, 2.24) is 9.97 Å². The summed E-state index contributed by atoms with van der Waals surface area (Å²) in [5.74, 6) is 0.956. The number of benzene rings is 2. The van der Waals surface area contributed by atoms with Crippen LogP contribution < -0.4 is 0 Å². The summed E-state index contributed by atoms with van der Waals surface area (Å²) in [5, 5.41) is 0.920. The van der Waals surface area contributed by atoms with E-state index in [1.54, 1.807) is 11.8 Å². The lowest BCUT2D eigenvalue weighted by Gasteiger charge is -2.10. The molecule has 3 rings (SSSR count). The van der Waals surface area contributed by atoms with Crippen LogP contribution in [-0.4, -0.2) is 28.8 Å². The third-order valence-corrected chi connectivity index (χ3v) is 5.76. The first-order valence-electron chi connectivity index (χ1n) is 7.53. The normalized spacial score (nSPS) is 10.9. The van der Waals surface area contributed by atoms with Gasteiger partial charge in [-0.3, -0.25) is 4.79 Å². The SMILES string of the molecule is COC(=O)CSc1cccc(CSc2nc3ccccc3[nH]2)c1C. The van der Waals surface area contributed by atoms with Crippen molar-refractivity contribution in [2.45, 2.75) is 22.7 Å². The number of H-pyrrole nitrogens is 1. The lowest BCUT2D eigenvalue weighted by Crippen LogP contribution is -2.03. The number of rotatable bonds is 6. The van der Waals surface area contributed by atoms with Crippen molar-refractivity contribution in [2.24, 2.45) is 0 Å². The lowest BCUT2D eigenvalue weighted by molar-refractivity contribution is -0.137. The van der Waals surface area contributed by atoms with Crippen LogP contribution in [0.15, 0.2) is 52.5 Å². The Labute approximate surface area is 149 Å². The van der Waals surface area contributed by atoms with E-state index in [0.29, 0.717) is 5.75 Å². The molecule has 1 heterocycles. The van der Waals surface area contributed by atoms with Gasteiger partial charge in [-0.2, -0.15) is 0 Å². The van der Waals surface area contributed by atoms with E-state index in [-0.39, 0.29) is 5.97 Å². The molecule has 0 spiro atoms. The molecule has 0 amide bonds. The number of esters is 1. The van der Waals surface area contributed by atoms with Crippen LogP contribution in [0.3, 0.4) is 0 Å². The summed E-state index contributed by atoms with van der Waals surface area (Å²) in [6.07, 6.45) is 0. The number of thioether (sulfide) groups is 2. The molecule has 0 aliphatic heterocycles. The highest BCUT2D eigenvalue weighted by molar-refractivity contribution is 8.00. The zero-order valence-corrected chi connectivity index (χ0v) is 15.2. The van der Waals surface area contributed by atoms with Crippen LogP contribution in [0, 0.1) is 6.92 Å². The monoisotopic (exact) mass is 358 g/mol. The Kier molecular flexibility index (Phi) is 5.48. The second-order valence-corrected chi connectivity index (χ2v) is 7.23. The Bertz CT molecular complexity index is 828. The van der Waals surface area contributed by atoms with Crippen LogP contribution in [0.25, 0.3) is 11.0 Å². The molecule has 0 atom stereocenters. The van der Waals surface area contributed by atoms with Crippen LogP contribution in [0.1, 0.15) is 11.1 Å². The van der Waals surface area contributed by atoms with Crippen LogP contribution in [0.4, 0.5) is 0 Å². The summed E-state index contributed by atoms with van der Waals surface area (Å²) in [5.41, 5.74) is 4.49. The number of aromatic amines is 1. The number of nitrogens with zero attached hydrogens (tertiary/aromatic N) is 1. The molecule has 0 saturated carbocycles. The second-order valence-electron chi connectivity index (χ2n) is 5.25. The number of ether oxygens (including phenoxy) is 1. The molecule has 2 aromatic carbocycles. The van der Waals surface area contributed by atoms with E-state index in [1.807, 2.05) is 36.4 Å². The van der Waals surface area contributed by atoms with Crippen molar-refractivity contribution in [1.29, 1.82) is 0 Å². The number of fused-ring (bicyclic) bond motifs is 1. The van der Waals surface area contributed by atoms with E-state index >= 15 is 0 Å².